The minimum Gasteiger partial charge on any atom is -0.366 e. The lowest BCUT2D eigenvalue weighted by atomic mass is 10.1. The molecule has 1 aliphatic rings. The maximum atomic E-state index is 12.2. The van der Waals surface area contributed by atoms with Gasteiger partial charge in [0.25, 0.3) is 0 Å². The maximum absolute atomic E-state index is 12.2. The van der Waals surface area contributed by atoms with Crippen molar-refractivity contribution in [1.82, 2.24) is 5.32 Å². The van der Waals surface area contributed by atoms with Crippen molar-refractivity contribution in [3.05, 3.63) is 35.4 Å². The minimum absolute atomic E-state index is 0.145. The van der Waals surface area contributed by atoms with E-state index in [2.05, 4.69) is 5.32 Å². The van der Waals surface area contributed by atoms with Gasteiger partial charge in [-0.2, -0.15) is 13.2 Å². The molecule has 0 radical (unpaired) electrons. The molecule has 0 spiro atoms. The van der Waals surface area contributed by atoms with Gasteiger partial charge >= 0.3 is 6.18 Å². The number of benzene rings is 1. The summed E-state index contributed by atoms with van der Waals surface area (Å²) >= 11 is 0. The molecule has 2 unspecified atom stereocenters. The average Bonchev–Trinajstić information content (AvgIpc) is 2.65. The fourth-order valence-electron chi connectivity index (χ4n) is 2.38. The molecule has 5 heteroatoms. The first-order valence-electron chi connectivity index (χ1n) is 6.01. The predicted molar refractivity (Wildman–Crippen MR) is 62.4 cm³/mol. The second-order valence-electron chi connectivity index (χ2n) is 4.40. The molecule has 0 heterocycles. The van der Waals surface area contributed by atoms with E-state index in [1.807, 2.05) is 31.2 Å². The van der Waals surface area contributed by atoms with Crippen molar-refractivity contribution in [3.8, 4) is 0 Å². The smallest absolute Gasteiger partial charge is 0.366 e. The van der Waals surface area contributed by atoms with Gasteiger partial charge in [-0.05, 0) is 17.7 Å². The zero-order chi connectivity index (χ0) is 13.2. The lowest BCUT2D eigenvalue weighted by Crippen LogP contribution is -2.33. The van der Waals surface area contributed by atoms with Crippen LogP contribution in [0.4, 0.5) is 13.2 Å². The van der Waals surface area contributed by atoms with Gasteiger partial charge in [-0.1, -0.05) is 31.2 Å². The van der Waals surface area contributed by atoms with Crippen molar-refractivity contribution in [2.45, 2.75) is 31.7 Å². The molecule has 18 heavy (non-hydrogen) atoms. The molecule has 1 N–H and O–H groups in total. The standard InChI is InChI=1S/C13H16F3NO/c1-2-17-12-10-6-4-3-5-9(10)7-11(12)18-8-13(14,15)16/h3-6,11-12,17H,2,7-8H2,1H3. The van der Waals surface area contributed by atoms with E-state index in [4.69, 9.17) is 4.74 Å². The van der Waals surface area contributed by atoms with E-state index in [0.29, 0.717) is 13.0 Å². The molecule has 0 bridgehead atoms. The number of nitrogens with one attached hydrogen (secondary N) is 1. The molecule has 1 aliphatic carbocycles. The average molecular weight is 259 g/mol. The number of fused-ring (bicyclic) bond motifs is 1. The summed E-state index contributed by atoms with van der Waals surface area (Å²) in [4.78, 5) is 0. The molecule has 0 saturated heterocycles. The quantitative estimate of drug-likeness (QED) is 0.897. The zero-order valence-electron chi connectivity index (χ0n) is 10.1. The number of halogens is 3. The van der Waals surface area contributed by atoms with Crippen molar-refractivity contribution < 1.29 is 17.9 Å². The second kappa shape index (κ2) is 5.28. The molecule has 2 atom stereocenters. The molecular formula is C13H16F3NO. The van der Waals surface area contributed by atoms with Crippen LogP contribution in [0.2, 0.25) is 0 Å². The third kappa shape index (κ3) is 3.03. The Hall–Kier alpha value is -1.07. The van der Waals surface area contributed by atoms with Crippen molar-refractivity contribution in [2.75, 3.05) is 13.2 Å². The lowest BCUT2D eigenvalue weighted by molar-refractivity contribution is -0.187. The highest BCUT2D eigenvalue weighted by Gasteiger charge is 2.36. The van der Waals surface area contributed by atoms with Gasteiger partial charge in [0.05, 0.1) is 12.1 Å². The topological polar surface area (TPSA) is 21.3 Å². The number of rotatable bonds is 4. The molecule has 0 saturated carbocycles. The van der Waals surface area contributed by atoms with E-state index in [-0.39, 0.29) is 6.04 Å². The van der Waals surface area contributed by atoms with Crippen LogP contribution < -0.4 is 5.32 Å². The monoisotopic (exact) mass is 259 g/mol. The molecule has 0 aliphatic heterocycles. The number of hydrogen-bond donors (Lipinski definition) is 1. The summed E-state index contributed by atoms with van der Waals surface area (Å²) in [7, 11) is 0. The Balaban J connectivity index is 2.09. The van der Waals surface area contributed by atoms with Gasteiger partial charge < -0.3 is 10.1 Å². The Kier molecular flexibility index (Phi) is 3.92. The van der Waals surface area contributed by atoms with E-state index in [1.165, 1.54) is 0 Å². The van der Waals surface area contributed by atoms with Gasteiger partial charge in [-0.3, -0.25) is 0 Å². The van der Waals surface area contributed by atoms with Crippen molar-refractivity contribution in [3.63, 3.8) is 0 Å². The Bertz CT molecular complexity index is 405. The lowest BCUT2D eigenvalue weighted by Gasteiger charge is -2.22. The molecule has 1 aromatic rings. The summed E-state index contributed by atoms with van der Waals surface area (Å²) in [6, 6.07) is 7.54. The van der Waals surface area contributed by atoms with E-state index < -0.39 is 18.9 Å². The van der Waals surface area contributed by atoms with Crippen molar-refractivity contribution >= 4 is 0 Å². The number of likely N-dealkylation sites (N-methyl/N-ethyl adjacent to an activating group) is 1. The third-order valence-corrected chi connectivity index (χ3v) is 3.07. The largest absolute Gasteiger partial charge is 0.411 e. The van der Waals surface area contributed by atoms with Crippen LogP contribution in [-0.2, 0) is 11.2 Å². The molecule has 0 amide bonds. The first kappa shape index (κ1) is 13.4. The highest BCUT2D eigenvalue weighted by Crippen LogP contribution is 2.34. The summed E-state index contributed by atoms with van der Waals surface area (Å²) < 4.78 is 41.6. The number of alkyl halides is 3. The van der Waals surface area contributed by atoms with Crippen molar-refractivity contribution in [1.29, 1.82) is 0 Å². The third-order valence-electron chi connectivity index (χ3n) is 3.07. The van der Waals surface area contributed by atoms with Crippen LogP contribution in [0.5, 0.6) is 0 Å². The predicted octanol–water partition coefficient (Wildman–Crippen LogP) is 2.84. The van der Waals surface area contributed by atoms with E-state index in [0.717, 1.165) is 11.1 Å². The normalized spacial score (nSPS) is 23.1. The molecular weight excluding hydrogens is 243 g/mol. The van der Waals surface area contributed by atoms with Crippen LogP contribution in [0.15, 0.2) is 24.3 Å². The first-order valence-corrected chi connectivity index (χ1v) is 6.01. The Morgan fingerprint density at radius 2 is 2.06 bits per heavy atom. The summed E-state index contributed by atoms with van der Waals surface area (Å²) in [6.45, 7) is 1.44. The van der Waals surface area contributed by atoms with Gasteiger partial charge in [-0.25, -0.2) is 0 Å². The molecule has 2 rings (SSSR count). The van der Waals surface area contributed by atoms with E-state index in [9.17, 15) is 13.2 Å². The van der Waals surface area contributed by atoms with Gasteiger partial charge in [-0.15, -0.1) is 0 Å². The molecule has 0 aromatic heterocycles. The van der Waals surface area contributed by atoms with Crippen LogP contribution in [-0.4, -0.2) is 25.4 Å². The van der Waals surface area contributed by atoms with Gasteiger partial charge in [0, 0.05) is 6.42 Å². The van der Waals surface area contributed by atoms with Gasteiger partial charge in [0.2, 0.25) is 0 Å². The molecule has 100 valence electrons. The first-order chi connectivity index (χ1) is 8.51. The summed E-state index contributed by atoms with van der Waals surface area (Å²) in [5, 5.41) is 3.19. The summed E-state index contributed by atoms with van der Waals surface area (Å²) in [6.07, 6.45) is -4.18. The minimum atomic E-state index is -4.27. The van der Waals surface area contributed by atoms with Crippen LogP contribution in [0.1, 0.15) is 24.1 Å². The molecule has 1 aromatic carbocycles. The van der Waals surface area contributed by atoms with Gasteiger partial charge in [0.15, 0.2) is 0 Å². The molecule has 0 fully saturated rings. The second-order valence-corrected chi connectivity index (χ2v) is 4.40. The Morgan fingerprint density at radius 3 is 2.72 bits per heavy atom. The fourth-order valence-corrected chi connectivity index (χ4v) is 2.38. The van der Waals surface area contributed by atoms with Crippen LogP contribution in [0.25, 0.3) is 0 Å². The zero-order valence-corrected chi connectivity index (χ0v) is 10.1. The highest BCUT2D eigenvalue weighted by atomic mass is 19.4. The number of ether oxygens (including phenoxy) is 1. The van der Waals surface area contributed by atoms with Crippen LogP contribution >= 0.6 is 0 Å². The number of hydrogen-bond acceptors (Lipinski definition) is 2. The van der Waals surface area contributed by atoms with Crippen molar-refractivity contribution in [2.24, 2.45) is 0 Å². The van der Waals surface area contributed by atoms with E-state index >= 15 is 0 Å². The fraction of sp³-hybridized carbons (Fsp3) is 0.538. The maximum Gasteiger partial charge on any atom is 0.411 e. The van der Waals surface area contributed by atoms with Gasteiger partial charge in [0.1, 0.15) is 6.61 Å². The summed E-state index contributed by atoms with van der Waals surface area (Å²) in [5.41, 5.74) is 2.11. The van der Waals surface area contributed by atoms with E-state index in [1.54, 1.807) is 0 Å². The highest BCUT2D eigenvalue weighted by molar-refractivity contribution is 5.36. The van der Waals surface area contributed by atoms with Crippen LogP contribution in [0.3, 0.4) is 0 Å². The summed E-state index contributed by atoms with van der Waals surface area (Å²) in [5.74, 6) is 0. The van der Waals surface area contributed by atoms with Crippen LogP contribution in [0, 0.1) is 0 Å². The SMILES string of the molecule is CCNC1c2ccccc2CC1OCC(F)(F)F. The Morgan fingerprint density at radius 1 is 1.33 bits per heavy atom. The Labute approximate surface area is 104 Å². The molecule has 2 nitrogen and oxygen atoms in total.